The quantitative estimate of drug-likeness (QED) is 0.726. The monoisotopic (exact) mass is 248 g/mol. The molecule has 0 radical (unpaired) electrons. The molecule has 5 nitrogen and oxygen atoms in total. The van der Waals surface area contributed by atoms with Gasteiger partial charge in [0.15, 0.2) is 0 Å². The highest BCUT2D eigenvalue weighted by atomic mass is 16.4. The number of hydrogen-bond donors (Lipinski definition) is 3. The number of rotatable bonds is 3. The van der Waals surface area contributed by atoms with Gasteiger partial charge in [-0.2, -0.15) is 0 Å². The molecule has 0 bridgehead atoms. The number of carbonyl (C=O) groups excluding carboxylic acids is 1. The van der Waals surface area contributed by atoms with E-state index in [1.54, 1.807) is 0 Å². The molecule has 2 atom stereocenters. The normalized spacial score (nSPS) is 22.1. The Morgan fingerprint density at radius 2 is 2.17 bits per heavy atom. The van der Waals surface area contributed by atoms with E-state index < -0.39 is 5.97 Å². The van der Waals surface area contributed by atoms with Gasteiger partial charge in [0.05, 0.1) is 5.92 Å². The van der Waals surface area contributed by atoms with Gasteiger partial charge in [0.2, 0.25) is 5.91 Å². The molecule has 3 N–H and O–H groups in total. The maximum Gasteiger partial charge on any atom is 0.322 e. The first-order valence-electron chi connectivity index (χ1n) is 5.90. The fraction of sp³-hybridized carbons (Fsp3) is 0.385. The van der Waals surface area contributed by atoms with Crippen molar-refractivity contribution in [1.29, 1.82) is 0 Å². The summed E-state index contributed by atoms with van der Waals surface area (Å²) in [7, 11) is 0. The topological polar surface area (TPSA) is 78.4 Å². The zero-order valence-electron chi connectivity index (χ0n) is 10.1. The molecule has 1 aromatic carbocycles. The van der Waals surface area contributed by atoms with Gasteiger partial charge in [0.1, 0.15) is 6.54 Å². The summed E-state index contributed by atoms with van der Waals surface area (Å²) in [6.45, 7) is 2.32. The van der Waals surface area contributed by atoms with Crippen molar-refractivity contribution in [3.05, 3.63) is 35.4 Å². The van der Waals surface area contributed by atoms with Crippen molar-refractivity contribution in [3.63, 3.8) is 0 Å². The molecule has 2 unspecified atom stereocenters. The molecule has 0 saturated carbocycles. The Labute approximate surface area is 105 Å². The van der Waals surface area contributed by atoms with Crippen molar-refractivity contribution in [1.82, 2.24) is 10.6 Å². The molecular formula is C13H16N2O3. The van der Waals surface area contributed by atoms with E-state index in [4.69, 9.17) is 5.11 Å². The molecule has 0 aliphatic carbocycles. The predicted octanol–water partition coefficient (Wildman–Crippen LogP) is 0.463. The minimum Gasteiger partial charge on any atom is -0.480 e. The zero-order valence-corrected chi connectivity index (χ0v) is 10.1. The van der Waals surface area contributed by atoms with E-state index in [1.165, 1.54) is 0 Å². The van der Waals surface area contributed by atoms with Crippen molar-refractivity contribution < 1.29 is 14.7 Å². The van der Waals surface area contributed by atoms with Crippen LogP contribution in [0.25, 0.3) is 0 Å². The third-order valence-corrected chi connectivity index (χ3v) is 3.20. The van der Waals surface area contributed by atoms with Crippen molar-refractivity contribution in [3.8, 4) is 0 Å². The van der Waals surface area contributed by atoms with Crippen molar-refractivity contribution >= 4 is 11.9 Å². The number of carbonyl (C=O) groups is 2. The molecule has 0 aromatic heterocycles. The lowest BCUT2D eigenvalue weighted by Gasteiger charge is -2.31. The third-order valence-electron chi connectivity index (χ3n) is 3.20. The van der Waals surface area contributed by atoms with Gasteiger partial charge in [-0.1, -0.05) is 24.3 Å². The van der Waals surface area contributed by atoms with Gasteiger partial charge in [-0.05, 0) is 18.1 Å². The van der Waals surface area contributed by atoms with E-state index in [-0.39, 0.29) is 24.4 Å². The summed E-state index contributed by atoms with van der Waals surface area (Å²) in [5.41, 5.74) is 2.07. The van der Waals surface area contributed by atoms with Crippen LogP contribution in [0.1, 0.15) is 24.0 Å². The fourth-order valence-corrected chi connectivity index (χ4v) is 2.30. The number of nitrogens with one attached hydrogen (secondary N) is 2. The molecule has 18 heavy (non-hydrogen) atoms. The van der Waals surface area contributed by atoms with Crippen LogP contribution in [0.5, 0.6) is 0 Å². The number of carboxylic acid groups (broad SMARTS) is 1. The van der Waals surface area contributed by atoms with Crippen LogP contribution in [0.15, 0.2) is 24.3 Å². The Hall–Kier alpha value is -1.88. The lowest BCUT2D eigenvalue weighted by atomic mass is 9.85. The SMILES string of the molecule is CC1NCc2ccccc2C1C(=O)NCC(=O)O. The van der Waals surface area contributed by atoms with E-state index in [0.29, 0.717) is 0 Å². The van der Waals surface area contributed by atoms with Gasteiger partial charge in [-0.25, -0.2) is 0 Å². The Balaban J connectivity index is 2.21. The predicted molar refractivity (Wildman–Crippen MR) is 66.1 cm³/mol. The third kappa shape index (κ3) is 2.51. The van der Waals surface area contributed by atoms with Crippen LogP contribution < -0.4 is 10.6 Å². The Morgan fingerprint density at radius 1 is 1.44 bits per heavy atom. The van der Waals surface area contributed by atoms with Crippen molar-refractivity contribution in [2.45, 2.75) is 25.4 Å². The molecule has 1 aliphatic heterocycles. The van der Waals surface area contributed by atoms with E-state index in [9.17, 15) is 9.59 Å². The zero-order chi connectivity index (χ0) is 13.1. The molecule has 0 fully saturated rings. The van der Waals surface area contributed by atoms with E-state index >= 15 is 0 Å². The maximum absolute atomic E-state index is 12.1. The second-order valence-corrected chi connectivity index (χ2v) is 4.46. The first-order valence-corrected chi connectivity index (χ1v) is 5.90. The molecule has 2 rings (SSSR count). The average Bonchev–Trinajstić information content (AvgIpc) is 2.36. The summed E-state index contributed by atoms with van der Waals surface area (Å²) < 4.78 is 0. The summed E-state index contributed by atoms with van der Waals surface area (Å²) in [5.74, 6) is -1.62. The Morgan fingerprint density at radius 3 is 2.89 bits per heavy atom. The average molecular weight is 248 g/mol. The largest absolute Gasteiger partial charge is 0.480 e. The van der Waals surface area contributed by atoms with Gasteiger partial charge < -0.3 is 15.7 Å². The minimum atomic E-state index is -1.03. The first kappa shape index (κ1) is 12.6. The number of aliphatic carboxylic acids is 1. The molecule has 0 spiro atoms. The minimum absolute atomic E-state index is 0.00584. The summed E-state index contributed by atoms with van der Waals surface area (Å²) >= 11 is 0. The Bertz CT molecular complexity index is 473. The first-order chi connectivity index (χ1) is 8.59. The second kappa shape index (κ2) is 5.18. The van der Waals surface area contributed by atoms with Crippen LogP contribution in [-0.2, 0) is 16.1 Å². The van der Waals surface area contributed by atoms with Crippen LogP contribution in [-0.4, -0.2) is 29.6 Å². The highest BCUT2D eigenvalue weighted by Gasteiger charge is 2.31. The van der Waals surface area contributed by atoms with E-state index in [0.717, 1.165) is 17.7 Å². The number of carboxylic acids is 1. The van der Waals surface area contributed by atoms with Gasteiger partial charge in [-0.15, -0.1) is 0 Å². The molecule has 1 aromatic rings. The smallest absolute Gasteiger partial charge is 0.322 e. The molecule has 0 saturated heterocycles. The summed E-state index contributed by atoms with van der Waals surface area (Å²) in [4.78, 5) is 22.5. The van der Waals surface area contributed by atoms with Crippen LogP contribution in [0, 0.1) is 0 Å². The molecular weight excluding hydrogens is 232 g/mol. The van der Waals surface area contributed by atoms with E-state index in [1.807, 2.05) is 31.2 Å². The van der Waals surface area contributed by atoms with Crippen LogP contribution in [0.4, 0.5) is 0 Å². The van der Waals surface area contributed by atoms with Gasteiger partial charge in [0.25, 0.3) is 0 Å². The highest BCUT2D eigenvalue weighted by molar-refractivity contribution is 5.87. The maximum atomic E-state index is 12.1. The Kier molecular flexibility index (Phi) is 3.62. The van der Waals surface area contributed by atoms with Gasteiger partial charge in [-0.3, -0.25) is 9.59 Å². The van der Waals surface area contributed by atoms with Crippen LogP contribution in [0.2, 0.25) is 0 Å². The second-order valence-electron chi connectivity index (χ2n) is 4.46. The van der Waals surface area contributed by atoms with Crippen LogP contribution >= 0.6 is 0 Å². The van der Waals surface area contributed by atoms with Gasteiger partial charge >= 0.3 is 5.97 Å². The number of hydrogen-bond acceptors (Lipinski definition) is 3. The van der Waals surface area contributed by atoms with Crippen molar-refractivity contribution in [2.75, 3.05) is 6.54 Å². The molecule has 1 amide bonds. The van der Waals surface area contributed by atoms with E-state index in [2.05, 4.69) is 10.6 Å². The molecule has 1 heterocycles. The molecule has 1 aliphatic rings. The highest BCUT2D eigenvalue weighted by Crippen LogP contribution is 2.27. The van der Waals surface area contributed by atoms with Crippen LogP contribution in [0.3, 0.4) is 0 Å². The molecule has 96 valence electrons. The number of amides is 1. The number of fused-ring (bicyclic) bond motifs is 1. The lowest BCUT2D eigenvalue weighted by Crippen LogP contribution is -2.45. The number of benzene rings is 1. The fourth-order valence-electron chi connectivity index (χ4n) is 2.30. The summed E-state index contributed by atoms with van der Waals surface area (Å²) in [5, 5.41) is 14.3. The summed E-state index contributed by atoms with van der Waals surface area (Å²) in [6, 6.07) is 7.73. The standard InChI is InChI=1S/C13H16N2O3/c1-8-12(13(18)15-7-11(16)17)10-5-3-2-4-9(10)6-14-8/h2-5,8,12,14H,6-7H2,1H3,(H,15,18)(H,16,17). The van der Waals surface area contributed by atoms with Gasteiger partial charge in [0, 0.05) is 12.6 Å². The summed E-state index contributed by atoms with van der Waals surface area (Å²) in [6.07, 6.45) is 0. The lowest BCUT2D eigenvalue weighted by molar-refractivity contribution is -0.138. The molecule has 5 heteroatoms. The van der Waals surface area contributed by atoms with Crippen molar-refractivity contribution in [2.24, 2.45) is 0 Å².